The van der Waals surface area contributed by atoms with Gasteiger partial charge in [-0.25, -0.2) is 18.1 Å². The maximum absolute atomic E-state index is 14.5. The number of imide groups is 1. The van der Waals surface area contributed by atoms with Crippen molar-refractivity contribution in [1.29, 1.82) is 0 Å². The number of nitrogens with one attached hydrogen (secondary N) is 1. The lowest BCUT2D eigenvalue weighted by Crippen LogP contribution is -2.33. The summed E-state index contributed by atoms with van der Waals surface area (Å²) >= 11 is 0. The molecule has 6 nitrogen and oxygen atoms in total. The predicted molar refractivity (Wildman–Crippen MR) is 115 cm³/mol. The molecule has 0 aliphatic carbocycles. The number of rotatable bonds is 6. The van der Waals surface area contributed by atoms with E-state index in [9.17, 15) is 22.8 Å². The summed E-state index contributed by atoms with van der Waals surface area (Å²) in [7, 11) is 2.88. The zero-order valence-corrected chi connectivity index (χ0v) is 17.5. The molecule has 0 fully saturated rings. The van der Waals surface area contributed by atoms with Crippen LogP contribution in [0.1, 0.15) is 5.56 Å². The average molecular weight is 454 g/mol. The Labute approximate surface area is 186 Å². The number of hydrogen-bond acceptors (Lipinski definition) is 5. The van der Waals surface area contributed by atoms with Crippen molar-refractivity contribution in [2.24, 2.45) is 0 Å². The highest BCUT2D eigenvalue weighted by Gasteiger charge is 2.41. The number of nitrogens with zero attached hydrogens (tertiary/aromatic N) is 1. The van der Waals surface area contributed by atoms with Crippen LogP contribution in [-0.2, 0) is 9.59 Å². The Morgan fingerprint density at radius 3 is 2.15 bits per heavy atom. The van der Waals surface area contributed by atoms with E-state index in [0.29, 0.717) is 22.1 Å². The third-order valence-electron chi connectivity index (χ3n) is 5.03. The lowest BCUT2D eigenvalue weighted by atomic mass is 10.0. The topological polar surface area (TPSA) is 67.9 Å². The fraction of sp³-hybridized carbons (Fsp3) is 0.0833. The van der Waals surface area contributed by atoms with Gasteiger partial charge in [0.05, 0.1) is 31.2 Å². The van der Waals surface area contributed by atoms with Crippen LogP contribution in [0.15, 0.2) is 66.4 Å². The largest absolute Gasteiger partial charge is 0.497 e. The van der Waals surface area contributed by atoms with Gasteiger partial charge in [-0.05, 0) is 42.0 Å². The quantitative estimate of drug-likeness (QED) is 0.555. The van der Waals surface area contributed by atoms with E-state index >= 15 is 0 Å². The summed E-state index contributed by atoms with van der Waals surface area (Å²) < 4.78 is 52.3. The molecule has 3 aromatic carbocycles. The van der Waals surface area contributed by atoms with E-state index in [1.54, 1.807) is 18.2 Å². The van der Waals surface area contributed by atoms with Crippen LogP contribution in [0.5, 0.6) is 11.5 Å². The van der Waals surface area contributed by atoms with Crippen molar-refractivity contribution in [2.45, 2.75) is 0 Å². The Hall–Kier alpha value is -4.27. The van der Waals surface area contributed by atoms with E-state index < -0.39 is 35.0 Å². The molecule has 2 amide bonds. The fourth-order valence-corrected chi connectivity index (χ4v) is 3.44. The van der Waals surface area contributed by atoms with Crippen molar-refractivity contribution in [3.05, 3.63) is 89.4 Å². The average Bonchev–Trinajstić information content (AvgIpc) is 3.05. The first-order chi connectivity index (χ1) is 15.8. The van der Waals surface area contributed by atoms with Crippen LogP contribution in [0.4, 0.5) is 24.5 Å². The lowest BCUT2D eigenvalue weighted by molar-refractivity contribution is -0.120. The third kappa shape index (κ3) is 4.00. The number of benzene rings is 3. The van der Waals surface area contributed by atoms with Gasteiger partial charge in [0.15, 0.2) is 0 Å². The van der Waals surface area contributed by atoms with Crippen molar-refractivity contribution in [1.82, 2.24) is 0 Å². The number of methoxy groups -OCH3 is 2. The first-order valence-corrected chi connectivity index (χ1v) is 9.67. The molecule has 1 aliphatic heterocycles. The second kappa shape index (κ2) is 8.70. The first kappa shape index (κ1) is 21.9. The summed E-state index contributed by atoms with van der Waals surface area (Å²) in [6.45, 7) is 0. The van der Waals surface area contributed by atoms with Crippen molar-refractivity contribution in [2.75, 3.05) is 24.4 Å². The Kier molecular flexibility index (Phi) is 5.78. The molecular formula is C24H17F3N2O4. The van der Waals surface area contributed by atoms with Crippen LogP contribution < -0.4 is 19.7 Å². The highest BCUT2D eigenvalue weighted by atomic mass is 19.1. The van der Waals surface area contributed by atoms with Crippen LogP contribution in [0.25, 0.3) is 5.57 Å². The number of ether oxygens (including phenoxy) is 2. The van der Waals surface area contributed by atoms with Crippen LogP contribution in [0.2, 0.25) is 0 Å². The third-order valence-corrected chi connectivity index (χ3v) is 5.03. The lowest BCUT2D eigenvalue weighted by Gasteiger charge is -2.17. The van der Waals surface area contributed by atoms with Crippen molar-refractivity contribution >= 4 is 28.8 Å². The zero-order valence-electron chi connectivity index (χ0n) is 17.5. The molecule has 168 valence electrons. The number of halogens is 3. The number of amides is 2. The van der Waals surface area contributed by atoms with Gasteiger partial charge in [0, 0.05) is 12.1 Å². The summed E-state index contributed by atoms with van der Waals surface area (Å²) in [4.78, 5) is 27.1. The van der Waals surface area contributed by atoms with E-state index in [1.807, 2.05) is 0 Å². The van der Waals surface area contributed by atoms with Crippen molar-refractivity contribution in [3.8, 4) is 11.5 Å². The molecule has 9 heteroatoms. The SMILES string of the molecule is COc1ccc(NC2=C(c3ccc(F)cc3)C(=O)N(c3cc(F)ccc3F)C2=O)c(OC)c1. The molecule has 0 radical (unpaired) electrons. The number of carbonyl (C=O) groups is 2. The molecule has 4 rings (SSSR count). The molecule has 0 unspecified atom stereocenters. The van der Waals surface area contributed by atoms with Crippen LogP contribution in [0.3, 0.4) is 0 Å². The Balaban J connectivity index is 1.86. The molecule has 0 aromatic heterocycles. The molecule has 0 saturated heterocycles. The fourth-order valence-electron chi connectivity index (χ4n) is 3.44. The van der Waals surface area contributed by atoms with E-state index in [2.05, 4.69) is 5.32 Å². The number of hydrogen-bond donors (Lipinski definition) is 1. The van der Waals surface area contributed by atoms with Gasteiger partial charge in [0.2, 0.25) is 0 Å². The van der Waals surface area contributed by atoms with Gasteiger partial charge < -0.3 is 14.8 Å². The predicted octanol–water partition coefficient (Wildman–Crippen LogP) is 4.52. The Morgan fingerprint density at radius 2 is 1.48 bits per heavy atom. The molecule has 0 atom stereocenters. The van der Waals surface area contributed by atoms with Gasteiger partial charge in [0.1, 0.15) is 34.6 Å². The van der Waals surface area contributed by atoms with E-state index in [4.69, 9.17) is 9.47 Å². The van der Waals surface area contributed by atoms with Crippen molar-refractivity contribution in [3.63, 3.8) is 0 Å². The standard InChI is InChI=1S/C24H17F3N2O4/c1-32-16-8-10-18(20(12-16)33-2)28-22-21(13-3-5-14(25)6-4-13)23(30)29(24(22)31)19-11-15(26)7-9-17(19)27/h3-12,28H,1-2H3. The number of anilines is 2. The van der Waals surface area contributed by atoms with Gasteiger partial charge in [-0.1, -0.05) is 12.1 Å². The summed E-state index contributed by atoms with van der Waals surface area (Å²) in [5, 5.41) is 2.87. The van der Waals surface area contributed by atoms with E-state index in [1.165, 1.54) is 26.4 Å². The van der Waals surface area contributed by atoms with Gasteiger partial charge in [-0.2, -0.15) is 0 Å². The molecule has 1 N–H and O–H groups in total. The van der Waals surface area contributed by atoms with Gasteiger partial charge >= 0.3 is 0 Å². The highest BCUT2D eigenvalue weighted by Crippen LogP contribution is 2.37. The molecule has 0 spiro atoms. The monoisotopic (exact) mass is 454 g/mol. The normalized spacial score (nSPS) is 13.5. The van der Waals surface area contributed by atoms with E-state index in [-0.39, 0.29) is 16.8 Å². The molecule has 0 bridgehead atoms. The Morgan fingerprint density at radius 1 is 0.788 bits per heavy atom. The number of carbonyl (C=O) groups excluding carboxylic acids is 2. The molecule has 1 aliphatic rings. The molecule has 0 saturated carbocycles. The molecular weight excluding hydrogens is 437 g/mol. The van der Waals surface area contributed by atoms with Gasteiger partial charge in [0.25, 0.3) is 11.8 Å². The van der Waals surface area contributed by atoms with Gasteiger partial charge in [-0.15, -0.1) is 0 Å². The van der Waals surface area contributed by atoms with Crippen molar-refractivity contribution < 1.29 is 32.2 Å². The van der Waals surface area contributed by atoms with Crippen LogP contribution >= 0.6 is 0 Å². The molecule has 3 aromatic rings. The smallest absolute Gasteiger partial charge is 0.282 e. The highest BCUT2D eigenvalue weighted by molar-refractivity contribution is 6.46. The minimum atomic E-state index is -0.958. The summed E-state index contributed by atoms with van der Waals surface area (Å²) in [5.74, 6) is -3.35. The second-order valence-corrected chi connectivity index (χ2v) is 6.99. The van der Waals surface area contributed by atoms with E-state index in [0.717, 1.165) is 30.3 Å². The molecule has 1 heterocycles. The van der Waals surface area contributed by atoms with Crippen LogP contribution in [-0.4, -0.2) is 26.0 Å². The van der Waals surface area contributed by atoms with Crippen LogP contribution in [0, 0.1) is 17.5 Å². The first-order valence-electron chi connectivity index (χ1n) is 9.67. The zero-order chi connectivity index (χ0) is 23.7. The minimum Gasteiger partial charge on any atom is -0.497 e. The second-order valence-electron chi connectivity index (χ2n) is 6.99. The summed E-state index contributed by atoms with van der Waals surface area (Å²) in [6, 6.07) is 12.1. The van der Waals surface area contributed by atoms with Gasteiger partial charge in [-0.3, -0.25) is 9.59 Å². The minimum absolute atomic E-state index is 0.137. The summed E-state index contributed by atoms with van der Waals surface area (Å²) in [5.41, 5.74) is -0.358. The maximum Gasteiger partial charge on any atom is 0.282 e. The molecule has 33 heavy (non-hydrogen) atoms. The summed E-state index contributed by atoms with van der Waals surface area (Å²) in [6.07, 6.45) is 0. The maximum atomic E-state index is 14.5. The Bertz CT molecular complexity index is 1290.